The van der Waals surface area contributed by atoms with Crippen LogP contribution in [0.3, 0.4) is 0 Å². The Morgan fingerprint density at radius 1 is 1.27 bits per heavy atom. The van der Waals surface area contributed by atoms with Gasteiger partial charge < -0.3 is 15.8 Å². The lowest BCUT2D eigenvalue weighted by Crippen LogP contribution is -2.46. The third kappa shape index (κ3) is 7.38. The van der Waals surface area contributed by atoms with Crippen molar-refractivity contribution in [3.05, 3.63) is 24.3 Å². The average molecular weight is 347 g/mol. The highest BCUT2D eigenvalue weighted by atomic mass is 35.5. The second-order valence-corrected chi connectivity index (χ2v) is 6.39. The van der Waals surface area contributed by atoms with Gasteiger partial charge in [0.25, 0.3) is 5.91 Å². The Labute approximate surface area is 144 Å². The lowest BCUT2D eigenvalue weighted by atomic mass is 10.0. The topological polar surface area (TPSA) is 64.3 Å². The maximum absolute atomic E-state index is 12.1. The molecule has 0 radical (unpaired) electrons. The van der Waals surface area contributed by atoms with E-state index in [1.54, 1.807) is 18.7 Å². The van der Waals surface area contributed by atoms with Gasteiger partial charge in [0, 0.05) is 17.5 Å². The molecule has 126 valence electrons. The SMILES string of the molecule is CSc1ccc(OC(C)C(=O)NC(CN)CC(C)C)cc1.Cl. The van der Waals surface area contributed by atoms with Crippen LogP contribution in [0.4, 0.5) is 0 Å². The van der Waals surface area contributed by atoms with E-state index in [2.05, 4.69) is 19.2 Å². The Morgan fingerprint density at radius 2 is 1.86 bits per heavy atom. The van der Waals surface area contributed by atoms with Crippen molar-refractivity contribution in [3.63, 3.8) is 0 Å². The molecule has 4 nitrogen and oxygen atoms in total. The molecule has 0 fully saturated rings. The fraction of sp³-hybridized carbons (Fsp3) is 0.562. The largest absolute Gasteiger partial charge is 0.481 e. The van der Waals surface area contributed by atoms with Crippen molar-refractivity contribution >= 4 is 30.1 Å². The lowest BCUT2D eigenvalue weighted by molar-refractivity contribution is -0.128. The van der Waals surface area contributed by atoms with Gasteiger partial charge in [-0.2, -0.15) is 0 Å². The van der Waals surface area contributed by atoms with E-state index in [0.717, 1.165) is 6.42 Å². The quantitative estimate of drug-likeness (QED) is 0.710. The molecule has 0 bridgehead atoms. The van der Waals surface area contributed by atoms with Gasteiger partial charge in [0.1, 0.15) is 5.75 Å². The van der Waals surface area contributed by atoms with E-state index >= 15 is 0 Å². The molecule has 3 N–H and O–H groups in total. The van der Waals surface area contributed by atoms with Crippen LogP contribution in [0.25, 0.3) is 0 Å². The second kappa shape index (κ2) is 10.8. The number of nitrogens with one attached hydrogen (secondary N) is 1. The highest BCUT2D eigenvalue weighted by Gasteiger charge is 2.19. The maximum atomic E-state index is 12.1. The molecule has 0 saturated carbocycles. The number of benzene rings is 1. The minimum atomic E-state index is -0.536. The van der Waals surface area contributed by atoms with Crippen LogP contribution >= 0.6 is 24.2 Å². The van der Waals surface area contributed by atoms with Crippen LogP contribution in [-0.2, 0) is 4.79 Å². The van der Waals surface area contributed by atoms with Gasteiger partial charge in [-0.1, -0.05) is 13.8 Å². The molecule has 0 aliphatic rings. The van der Waals surface area contributed by atoms with Crippen molar-refractivity contribution in [3.8, 4) is 5.75 Å². The van der Waals surface area contributed by atoms with Gasteiger partial charge in [0.15, 0.2) is 6.10 Å². The van der Waals surface area contributed by atoms with Crippen LogP contribution in [0.15, 0.2) is 29.2 Å². The van der Waals surface area contributed by atoms with E-state index in [-0.39, 0.29) is 24.4 Å². The molecule has 2 unspecified atom stereocenters. The number of carbonyl (C=O) groups is 1. The molecule has 0 heterocycles. The number of amides is 1. The fourth-order valence-corrected chi connectivity index (χ4v) is 2.42. The highest BCUT2D eigenvalue weighted by Crippen LogP contribution is 2.19. The third-order valence-electron chi connectivity index (χ3n) is 3.13. The first-order valence-corrected chi connectivity index (χ1v) is 8.49. The predicted molar refractivity (Wildman–Crippen MR) is 96.0 cm³/mol. The van der Waals surface area contributed by atoms with Crippen LogP contribution < -0.4 is 15.8 Å². The summed E-state index contributed by atoms with van der Waals surface area (Å²) in [7, 11) is 0. The summed E-state index contributed by atoms with van der Waals surface area (Å²) in [5.41, 5.74) is 5.70. The van der Waals surface area contributed by atoms with Crippen molar-refractivity contribution in [2.45, 2.75) is 44.2 Å². The summed E-state index contributed by atoms with van der Waals surface area (Å²) in [6, 6.07) is 7.72. The Morgan fingerprint density at radius 3 is 2.32 bits per heavy atom. The summed E-state index contributed by atoms with van der Waals surface area (Å²) in [6.07, 6.45) is 2.36. The summed E-state index contributed by atoms with van der Waals surface area (Å²) in [5.74, 6) is 1.07. The molecule has 1 amide bonds. The number of ether oxygens (including phenoxy) is 1. The van der Waals surface area contributed by atoms with Crippen LogP contribution in [0.5, 0.6) is 5.75 Å². The van der Waals surface area contributed by atoms with Gasteiger partial charge in [0.05, 0.1) is 0 Å². The van der Waals surface area contributed by atoms with Gasteiger partial charge in [-0.05, 0) is 49.8 Å². The molecule has 2 atom stereocenters. The zero-order chi connectivity index (χ0) is 15.8. The maximum Gasteiger partial charge on any atom is 0.261 e. The summed E-state index contributed by atoms with van der Waals surface area (Å²) >= 11 is 1.67. The lowest BCUT2D eigenvalue weighted by Gasteiger charge is -2.21. The standard InChI is InChI=1S/C16H26N2O2S.ClH/c1-11(2)9-13(10-17)18-16(19)12(3)20-14-5-7-15(21-4)8-6-14;/h5-8,11-13H,9-10,17H2,1-4H3,(H,18,19);1H. The normalized spacial score (nSPS) is 13.2. The Bertz CT molecular complexity index is 440. The zero-order valence-corrected chi connectivity index (χ0v) is 15.3. The Hall–Kier alpha value is -0.910. The van der Waals surface area contributed by atoms with Gasteiger partial charge in [-0.3, -0.25) is 4.79 Å². The number of nitrogens with two attached hydrogens (primary N) is 1. The van der Waals surface area contributed by atoms with Crippen molar-refractivity contribution < 1.29 is 9.53 Å². The van der Waals surface area contributed by atoms with E-state index in [1.165, 1.54) is 4.90 Å². The minimum absolute atomic E-state index is 0. The molecular formula is C16H27ClN2O2S. The number of hydrogen-bond donors (Lipinski definition) is 2. The first-order chi connectivity index (χ1) is 9.96. The Kier molecular flexibility index (Phi) is 10.3. The molecule has 0 saturated heterocycles. The zero-order valence-electron chi connectivity index (χ0n) is 13.7. The average Bonchev–Trinajstić information content (AvgIpc) is 2.46. The summed E-state index contributed by atoms with van der Waals surface area (Å²) < 4.78 is 5.66. The highest BCUT2D eigenvalue weighted by molar-refractivity contribution is 7.98. The van der Waals surface area contributed by atoms with E-state index in [4.69, 9.17) is 10.5 Å². The van der Waals surface area contributed by atoms with E-state index in [1.807, 2.05) is 30.5 Å². The van der Waals surface area contributed by atoms with Gasteiger partial charge in [0.2, 0.25) is 0 Å². The van der Waals surface area contributed by atoms with Gasteiger partial charge >= 0.3 is 0 Å². The number of hydrogen-bond acceptors (Lipinski definition) is 4. The number of rotatable bonds is 8. The van der Waals surface area contributed by atoms with Crippen LogP contribution in [0.1, 0.15) is 27.2 Å². The third-order valence-corrected chi connectivity index (χ3v) is 3.87. The summed E-state index contributed by atoms with van der Waals surface area (Å²) in [6.45, 7) is 6.42. The first kappa shape index (κ1) is 21.1. The molecule has 1 rings (SSSR count). The monoisotopic (exact) mass is 346 g/mol. The molecule has 0 spiro atoms. The number of thioether (sulfide) groups is 1. The number of carbonyl (C=O) groups excluding carboxylic acids is 1. The molecule has 22 heavy (non-hydrogen) atoms. The van der Waals surface area contributed by atoms with Crippen molar-refractivity contribution in [2.75, 3.05) is 12.8 Å². The molecule has 0 aromatic heterocycles. The first-order valence-electron chi connectivity index (χ1n) is 7.27. The fourth-order valence-electron chi connectivity index (χ4n) is 2.01. The molecule has 1 aromatic rings. The summed E-state index contributed by atoms with van der Waals surface area (Å²) in [4.78, 5) is 13.3. The molecule has 0 aliphatic carbocycles. The van der Waals surface area contributed by atoms with Crippen molar-refractivity contribution in [2.24, 2.45) is 11.7 Å². The van der Waals surface area contributed by atoms with Crippen molar-refractivity contribution in [1.82, 2.24) is 5.32 Å². The predicted octanol–water partition coefficient (Wildman–Crippen LogP) is 3.09. The van der Waals surface area contributed by atoms with E-state index < -0.39 is 6.10 Å². The minimum Gasteiger partial charge on any atom is -0.481 e. The van der Waals surface area contributed by atoms with Gasteiger partial charge in [-0.25, -0.2) is 0 Å². The van der Waals surface area contributed by atoms with Crippen LogP contribution in [0, 0.1) is 5.92 Å². The smallest absolute Gasteiger partial charge is 0.261 e. The second-order valence-electron chi connectivity index (χ2n) is 5.51. The molecule has 0 aliphatic heterocycles. The van der Waals surface area contributed by atoms with E-state index in [9.17, 15) is 4.79 Å². The number of halogens is 1. The Balaban J connectivity index is 0.00000441. The summed E-state index contributed by atoms with van der Waals surface area (Å²) in [5, 5.41) is 2.95. The van der Waals surface area contributed by atoms with E-state index in [0.29, 0.717) is 18.2 Å². The molecule has 1 aromatic carbocycles. The van der Waals surface area contributed by atoms with Crippen LogP contribution in [0.2, 0.25) is 0 Å². The van der Waals surface area contributed by atoms with Gasteiger partial charge in [-0.15, -0.1) is 24.2 Å². The molecule has 6 heteroatoms. The van der Waals surface area contributed by atoms with Crippen LogP contribution in [-0.4, -0.2) is 30.9 Å². The molecular weight excluding hydrogens is 320 g/mol. The van der Waals surface area contributed by atoms with Crippen molar-refractivity contribution in [1.29, 1.82) is 0 Å².